The second kappa shape index (κ2) is 7.42. The van der Waals surface area contributed by atoms with E-state index in [0.29, 0.717) is 22.7 Å². The minimum Gasteiger partial charge on any atom is -0.493 e. The Morgan fingerprint density at radius 1 is 1.32 bits per heavy atom. The largest absolute Gasteiger partial charge is 0.493 e. The van der Waals surface area contributed by atoms with Gasteiger partial charge in [0.25, 0.3) is 0 Å². The van der Waals surface area contributed by atoms with Crippen LogP contribution in [-0.4, -0.2) is 25.9 Å². The molecule has 1 rings (SSSR count). The minimum absolute atomic E-state index is 0.125. The zero-order valence-corrected chi connectivity index (χ0v) is 13.3. The van der Waals surface area contributed by atoms with E-state index >= 15 is 0 Å². The maximum atomic E-state index is 11.9. The molecule has 1 N–H and O–H groups in total. The fraction of sp³-hybridized carbons (Fsp3) is 0.500. The topological polar surface area (TPSA) is 106 Å². The number of carbonyl (C=O) groups is 1. The number of nitrogens with one attached hydrogen (secondary N) is 1. The molecule has 0 aliphatic carbocycles. The lowest BCUT2D eigenvalue weighted by Gasteiger charge is -2.21. The number of ether oxygens (including phenoxy) is 3. The number of anilines is 1. The van der Waals surface area contributed by atoms with Gasteiger partial charge >= 0.3 is 6.09 Å². The Kier molecular flexibility index (Phi) is 5.89. The van der Waals surface area contributed by atoms with Crippen LogP contribution in [0.3, 0.4) is 0 Å². The third kappa shape index (κ3) is 5.06. The van der Waals surface area contributed by atoms with Crippen molar-refractivity contribution in [3.8, 4) is 11.5 Å². The van der Waals surface area contributed by atoms with Gasteiger partial charge in [-0.2, -0.15) is 0 Å². The maximum absolute atomic E-state index is 11.9. The Bertz CT molecular complexity index is 589. The molecule has 1 aromatic rings. The molecule has 0 saturated heterocycles. The molecule has 0 unspecified atom stereocenters. The van der Waals surface area contributed by atoms with Crippen molar-refractivity contribution in [3.63, 3.8) is 0 Å². The van der Waals surface area contributed by atoms with Gasteiger partial charge in [0, 0.05) is 4.91 Å². The molecule has 0 fully saturated rings. The number of benzene rings is 1. The lowest BCUT2D eigenvalue weighted by molar-refractivity contribution is 0.0635. The van der Waals surface area contributed by atoms with Crippen molar-refractivity contribution in [3.05, 3.63) is 28.1 Å². The fourth-order valence-electron chi connectivity index (χ4n) is 1.73. The van der Waals surface area contributed by atoms with Crippen LogP contribution in [0.4, 0.5) is 10.5 Å². The van der Waals surface area contributed by atoms with Gasteiger partial charge in [-0.15, -0.1) is 0 Å². The molecule has 0 aliphatic rings. The van der Waals surface area contributed by atoms with E-state index in [9.17, 15) is 4.79 Å². The van der Waals surface area contributed by atoms with E-state index in [2.05, 4.69) is 15.3 Å². The Morgan fingerprint density at radius 3 is 2.50 bits per heavy atom. The van der Waals surface area contributed by atoms with Crippen molar-refractivity contribution in [2.75, 3.05) is 19.5 Å². The first-order valence-corrected chi connectivity index (χ1v) is 6.56. The van der Waals surface area contributed by atoms with E-state index in [0.717, 1.165) is 0 Å². The summed E-state index contributed by atoms with van der Waals surface area (Å²) in [5.41, 5.74) is 8.83. The summed E-state index contributed by atoms with van der Waals surface area (Å²) in [6.45, 7) is 5.42. The van der Waals surface area contributed by atoms with E-state index in [1.165, 1.54) is 14.2 Å². The summed E-state index contributed by atoms with van der Waals surface area (Å²) in [5.74, 6) is 0.775. The SMILES string of the molecule is COc1cc(CN=[N+]=[N-])cc(NC(=O)OC(C)(C)C)c1OC. The summed E-state index contributed by atoms with van der Waals surface area (Å²) in [5, 5.41) is 6.10. The smallest absolute Gasteiger partial charge is 0.412 e. The van der Waals surface area contributed by atoms with Crippen LogP contribution in [0.5, 0.6) is 11.5 Å². The molecule has 0 aromatic heterocycles. The second-order valence-corrected chi connectivity index (χ2v) is 5.39. The monoisotopic (exact) mass is 308 g/mol. The van der Waals surface area contributed by atoms with Gasteiger partial charge in [0.15, 0.2) is 11.5 Å². The van der Waals surface area contributed by atoms with Crippen molar-refractivity contribution in [1.29, 1.82) is 0 Å². The van der Waals surface area contributed by atoms with Gasteiger partial charge in [-0.25, -0.2) is 4.79 Å². The number of carbonyl (C=O) groups excluding carboxylic acids is 1. The Morgan fingerprint density at radius 2 is 2.00 bits per heavy atom. The van der Waals surface area contributed by atoms with Crippen LogP contribution in [0, 0.1) is 0 Å². The number of amides is 1. The second-order valence-electron chi connectivity index (χ2n) is 5.39. The number of hydrogen-bond donors (Lipinski definition) is 1. The summed E-state index contributed by atoms with van der Waals surface area (Å²) >= 11 is 0. The Hall–Kier alpha value is -2.60. The third-order valence-corrected chi connectivity index (χ3v) is 2.49. The van der Waals surface area contributed by atoms with Crippen LogP contribution in [0.2, 0.25) is 0 Å². The zero-order valence-electron chi connectivity index (χ0n) is 13.3. The molecular weight excluding hydrogens is 288 g/mol. The van der Waals surface area contributed by atoms with Crippen LogP contribution in [0.15, 0.2) is 17.2 Å². The molecule has 120 valence electrons. The maximum Gasteiger partial charge on any atom is 0.412 e. The highest BCUT2D eigenvalue weighted by Crippen LogP contribution is 2.37. The van der Waals surface area contributed by atoms with Crippen molar-refractivity contribution < 1.29 is 19.0 Å². The lowest BCUT2D eigenvalue weighted by atomic mass is 10.1. The molecule has 0 heterocycles. The molecule has 22 heavy (non-hydrogen) atoms. The minimum atomic E-state index is -0.621. The van der Waals surface area contributed by atoms with Gasteiger partial charge in [-0.05, 0) is 44.0 Å². The van der Waals surface area contributed by atoms with Gasteiger partial charge in [0.2, 0.25) is 0 Å². The summed E-state index contributed by atoms with van der Waals surface area (Å²) in [4.78, 5) is 14.6. The standard InChI is InChI=1S/C14H20N4O4/c1-14(2,3)22-13(19)17-10-6-9(8-16-18-15)7-11(20-4)12(10)21-5/h6-7H,8H2,1-5H3,(H,17,19). The summed E-state index contributed by atoms with van der Waals surface area (Å²) in [7, 11) is 2.94. The van der Waals surface area contributed by atoms with Gasteiger partial charge in [0.05, 0.1) is 26.5 Å². The van der Waals surface area contributed by atoms with Crippen LogP contribution >= 0.6 is 0 Å². The highest BCUT2D eigenvalue weighted by Gasteiger charge is 2.19. The lowest BCUT2D eigenvalue weighted by Crippen LogP contribution is -2.27. The molecule has 0 bridgehead atoms. The van der Waals surface area contributed by atoms with Crippen molar-refractivity contribution >= 4 is 11.8 Å². The molecule has 0 radical (unpaired) electrons. The zero-order chi connectivity index (χ0) is 16.8. The molecule has 0 atom stereocenters. The number of rotatable bonds is 5. The van der Waals surface area contributed by atoms with Gasteiger partial charge < -0.3 is 14.2 Å². The predicted octanol–water partition coefficient (Wildman–Crippen LogP) is 3.86. The van der Waals surface area contributed by atoms with Crippen LogP contribution in [0.1, 0.15) is 26.3 Å². The van der Waals surface area contributed by atoms with Gasteiger partial charge in [-0.3, -0.25) is 5.32 Å². The van der Waals surface area contributed by atoms with E-state index in [1.807, 2.05) is 0 Å². The first-order chi connectivity index (χ1) is 10.3. The molecule has 8 heteroatoms. The van der Waals surface area contributed by atoms with Gasteiger partial charge in [-0.1, -0.05) is 5.11 Å². The quantitative estimate of drug-likeness (QED) is 0.506. The van der Waals surface area contributed by atoms with E-state index in [-0.39, 0.29) is 6.54 Å². The molecule has 1 aromatic carbocycles. The first kappa shape index (κ1) is 17.5. The van der Waals surface area contributed by atoms with Gasteiger partial charge in [0.1, 0.15) is 5.60 Å². The number of azide groups is 1. The summed E-state index contributed by atoms with van der Waals surface area (Å²) in [6, 6.07) is 3.31. The van der Waals surface area contributed by atoms with E-state index < -0.39 is 11.7 Å². The van der Waals surface area contributed by atoms with Crippen LogP contribution in [-0.2, 0) is 11.3 Å². The third-order valence-electron chi connectivity index (χ3n) is 2.49. The highest BCUT2D eigenvalue weighted by molar-refractivity contribution is 5.88. The predicted molar refractivity (Wildman–Crippen MR) is 82.3 cm³/mol. The highest BCUT2D eigenvalue weighted by atomic mass is 16.6. The Labute approximate surface area is 129 Å². The molecule has 0 saturated carbocycles. The molecule has 0 aliphatic heterocycles. The number of methoxy groups -OCH3 is 2. The van der Waals surface area contributed by atoms with Crippen molar-refractivity contribution in [1.82, 2.24) is 0 Å². The molecular formula is C14H20N4O4. The summed E-state index contributed by atoms with van der Waals surface area (Å²) in [6.07, 6.45) is -0.617. The average Bonchev–Trinajstić information content (AvgIpc) is 2.42. The molecule has 1 amide bonds. The normalized spacial score (nSPS) is 10.4. The van der Waals surface area contributed by atoms with Crippen LogP contribution < -0.4 is 14.8 Å². The van der Waals surface area contributed by atoms with Crippen LogP contribution in [0.25, 0.3) is 10.4 Å². The summed E-state index contributed by atoms with van der Waals surface area (Å²) < 4.78 is 15.7. The number of hydrogen-bond acceptors (Lipinski definition) is 5. The van der Waals surface area contributed by atoms with Crippen molar-refractivity contribution in [2.45, 2.75) is 32.9 Å². The van der Waals surface area contributed by atoms with E-state index in [4.69, 9.17) is 19.7 Å². The van der Waals surface area contributed by atoms with E-state index in [1.54, 1.807) is 32.9 Å². The number of nitrogens with zero attached hydrogens (tertiary/aromatic N) is 3. The molecule has 0 spiro atoms. The molecule has 8 nitrogen and oxygen atoms in total. The fourth-order valence-corrected chi connectivity index (χ4v) is 1.73. The first-order valence-electron chi connectivity index (χ1n) is 6.56. The van der Waals surface area contributed by atoms with Crippen molar-refractivity contribution in [2.24, 2.45) is 5.11 Å². The average molecular weight is 308 g/mol. The Balaban J connectivity index is 3.13.